The van der Waals surface area contributed by atoms with Gasteiger partial charge in [-0.15, -0.1) is 11.3 Å². The number of hydrogen-bond acceptors (Lipinski definition) is 5. The normalized spacial score (nSPS) is 10.9. The molecular weight excluding hydrogens is 406 g/mol. The number of amides is 2. The first-order valence-electron chi connectivity index (χ1n) is 8.86. The summed E-state index contributed by atoms with van der Waals surface area (Å²) in [6, 6.07) is 12.7. The van der Waals surface area contributed by atoms with Crippen LogP contribution < -0.4 is 16.4 Å². The Morgan fingerprint density at radius 3 is 2.59 bits per heavy atom. The molecule has 0 fully saturated rings. The second kappa shape index (κ2) is 7.69. The molecule has 4 N–H and O–H groups in total. The maximum absolute atomic E-state index is 12.3. The molecule has 6 nitrogen and oxygen atoms in total. The lowest BCUT2D eigenvalue weighted by atomic mass is 10.0. The van der Waals surface area contributed by atoms with E-state index in [0.29, 0.717) is 22.2 Å². The lowest BCUT2D eigenvalue weighted by molar-refractivity contribution is 0.262. The van der Waals surface area contributed by atoms with Crippen LogP contribution in [-0.4, -0.2) is 16.0 Å². The molecule has 0 aliphatic rings. The third-order valence-electron chi connectivity index (χ3n) is 4.50. The fourth-order valence-electron chi connectivity index (χ4n) is 3.15. The first-order chi connectivity index (χ1) is 13.9. The summed E-state index contributed by atoms with van der Waals surface area (Å²) >= 11 is 7.72. The fourth-order valence-corrected chi connectivity index (χ4v) is 4.34. The molecule has 4 rings (SSSR count). The van der Waals surface area contributed by atoms with Crippen molar-refractivity contribution in [1.82, 2.24) is 9.97 Å². The molecule has 4 aromatic rings. The van der Waals surface area contributed by atoms with E-state index in [1.807, 2.05) is 50.2 Å². The van der Waals surface area contributed by atoms with Gasteiger partial charge in [0.1, 0.15) is 17.0 Å². The largest absolute Gasteiger partial charge is 0.383 e. The molecule has 0 atom stereocenters. The Morgan fingerprint density at radius 2 is 1.83 bits per heavy atom. The van der Waals surface area contributed by atoms with Gasteiger partial charge in [0.25, 0.3) is 0 Å². The van der Waals surface area contributed by atoms with Gasteiger partial charge in [-0.05, 0) is 49.2 Å². The van der Waals surface area contributed by atoms with Crippen molar-refractivity contribution in [2.24, 2.45) is 0 Å². The van der Waals surface area contributed by atoms with Crippen LogP contribution in [0, 0.1) is 13.8 Å². The van der Waals surface area contributed by atoms with Crippen LogP contribution in [-0.2, 0) is 0 Å². The number of aryl methyl sites for hydroxylation is 2. The highest BCUT2D eigenvalue weighted by atomic mass is 35.5. The number of aromatic nitrogens is 2. The average Bonchev–Trinajstić information content (AvgIpc) is 3.02. The molecule has 2 aromatic heterocycles. The summed E-state index contributed by atoms with van der Waals surface area (Å²) in [5, 5.41) is 6.94. The second-order valence-corrected chi connectivity index (χ2v) is 8.22. The Balaban J connectivity index is 1.55. The number of hydrogen-bond donors (Lipinski definition) is 3. The predicted molar refractivity (Wildman–Crippen MR) is 121 cm³/mol. The number of nitrogen functional groups attached to an aromatic ring is 1. The van der Waals surface area contributed by atoms with Crippen LogP contribution in [0.3, 0.4) is 0 Å². The molecule has 0 aliphatic carbocycles. The third-order valence-corrected chi connectivity index (χ3v) is 5.84. The quantitative estimate of drug-likeness (QED) is 0.385. The van der Waals surface area contributed by atoms with E-state index in [1.165, 1.54) is 6.33 Å². The molecular formula is C21H18ClN5OS. The van der Waals surface area contributed by atoms with Gasteiger partial charge in [0.15, 0.2) is 0 Å². The number of urea groups is 1. The van der Waals surface area contributed by atoms with Gasteiger partial charge in [-0.25, -0.2) is 14.8 Å². The molecule has 146 valence electrons. The van der Waals surface area contributed by atoms with E-state index in [0.717, 1.165) is 31.8 Å². The van der Waals surface area contributed by atoms with E-state index in [2.05, 4.69) is 20.6 Å². The van der Waals surface area contributed by atoms with Gasteiger partial charge < -0.3 is 16.4 Å². The van der Waals surface area contributed by atoms with Gasteiger partial charge in [-0.2, -0.15) is 0 Å². The van der Waals surface area contributed by atoms with E-state index >= 15 is 0 Å². The summed E-state index contributed by atoms with van der Waals surface area (Å²) in [6.45, 7) is 3.97. The molecule has 0 spiro atoms. The number of nitrogens with zero attached hydrogens (tertiary/aromatic N) is 2. The van der Waals surface area contributed by atoms with Gasteiger partial charge in [0.05, 0.1) is 16.1 Å². The molecule has 2 amide bonds. The number of carbonyl (C=O) groups is 1. The zero-order valence-corrected chi connectivity index (χ0v) is 17.4. The van der Waals surface area contributed by atoms with E-state index in [9.17, 15) is 4.79 Å². The summed E-state index contributed by atoms with van der Waals surface area (Å²) in [6.07, 6.45) is 1.48. The number of benzene rings is 2. The van der Waals surface area contributed by atoms with Crippen molar-refractivity contribution in [3.63, 3.8) is 0 Å². The summed E-state index contributed by atoms with van der Waals surface area (Å²) in [4.78, 5) is 22.7. The van der Waals surface area contributed by atoms with Crippen molar-refractivity contribution in [1.29, 1.82) is 0 Å². The molecule has 2 heterocycles. The molecule has 0 saturated heterocycles. The highest BCUT2D eigenvalue weighted by Gasteiger charge is 2.15. The van der Waals surface area contributed by atoms with Crippen molar-refractivity contribution in [2.75, 3.05) is 16.4 Å². The first-order valence-corrected chi connectivity index (χ1v) is 10.1. The molecule has 0 aliphatic heterocycles. The van der Waals surface area contributed by atoms with Gasteiger partial charge in [0, 0.05) is 16.1 Å². The Kier molecular flexibility index (Phi) is 5.08. The van der Waals surface area contributed by atoms with Crippen molar-refractivity contribution in [3.8, 4) is 11.1 Å². The van der Waals surface area contributed by atoms with Crippen LogP contribution in [0.25, 0.3) is 21.3 Å². The number of nitrogens with two attached hydrogens (primary N) is 1. The zero-order valence-electron chi connectivity index (χ0n) is 15.8. The lowest BCUT2D eigenvalue weighted by Gasteiger charge is -2.10. The number of carbonyl (C=O) groups excluding carboxylic acids is 1. The minimum Gasteiger partial charge on any atom is -0.383 e. The van der Waals surface area contributed by atoms with Crippen LogP contribution in [0.15, 0.2) is 48.8 Å². The minimum absolute atomic E-state index is 0.361. The van der Waals surface area contributed by atoms with Crippen LogP contribution >= 0.6 is 22.9 Å². The molecule has 8 heteroatoms. The number of rotatable bonds is 3. The average molecular weight is 424 g/mol. The number of anilines is 3. The molecule has 0 radical (unpaired) electrons. The Bertz CT molecular complexity index is 1220. The SMILES string of the molecule is Cc1ccc(Cl)c(NC(=O)Nc2ccc(-c3c(C)sc4ncnc(N)c34)cc2)c1. The van der Waals surface area contributed by atoms with E-state index < -0.39 is 0 Å². The molecule has 29 heavy (non-hydrogen) atoms. The third kappa shape index (κ3) is 3.87. The van der Waals surface area contributed by atoms with Crippen molar-refractivity contribution in [2.45, 2.75) is 13.8 Å². The maximum Gasteiger partial charge on any atom is 0.323 e. The summed E-state index contributed by atoms with van der Waals surface area (Å²) in [5.74, 6) is 0.464. The highest BCUT2D eigenvalue weighted by Crippen LogP contribution is 2.39. The highest BCUT2D eigenvalue weighted by molar-refractivity contribution is 7.19. The van der Waals surface area contributed by atoms with E-state index in [4.69, 9.17) is 17.3 Å². The monoisotopic (exact) mass is 423 g/mol. The summed E-state index contributed by atoms with van der Waals surface area (Å²) in [7, 11) is 0. The molecule has 0 bridgehead atoms. The Hall–Kier alpha value is -3.16. The van der Waals surface area contributed by atoms with Crippen LogP contribution in [0.1, 0.15) is 10.4 Å². The second-order valence-electron chi connectivity index (χ2n) is 6.61. The molecule has 0 saturated carbocycles. The fraction of sp³-hybridized carbons (Fsp3) is 0.0952. The number of thiophene rings is 1. The number of nitrogens with one attached hydrogen (secondary N) is 2. The predicted octanol–water partition coefficient (Wildman–Crippen LogP) is 5.85. The van der Waals surface area contributed by atoms with Gasteiger partial charge >= 0.3 is 6.03 Å². The van der Waals surface area contributed by atoms with Gasteiger partial charge in [-0.3, -0.25) is 0 Å². The van der Waals surface area contributed by atoms with E-state index in [-0.39, 0.29) is 6.03 Å². The van der Waals surface area contributed by atoms with Crippen molar-refractivity contribution < 1.29 is 4.79 Å². The smallest absolute Gasteiger partial charge is 0.323 e. The Morgan fingerprint density at radius 1 is 1.07 bits per heavy atom. The molecule has 0 unspecified atom stereocenters. The minimum atomic E-state index is -0.361. The number of fused-ring (bicyclic) bond motifs is 1. The van der Waals surface area contributed by atoms with Crippen LogP contribution in [0.4, 0.5) is 22.0 Å². The number of halogens is 1. The van der Waals surface area contributed by atoms with E-state index in [1.54, 1.807) is 17.4 Å². The Labute approximate surface area is 176 Å². The van der Waals surface area contributed by atoms with Crippen LogP contribution in [0.2, 0.25) is 5.02 Å². The van der Waals surface area contributed by atoms with Crippen LogP contribution in [0.5, 0.6) is 0 Å². The van der Waals surface area contributed by atoms with Gasteiger partial charge in [0.2, 0.25) is 0 Å². The standard InChI is InChI=1S/C21H18ClN5OS/c1-11-3-8-15(22)16(9-11)27-21(28)26-14-6-4-13(5-7-14)17-12(2)29-20-18(17)19(23)24-10-25-20/h3-10H,1-2H3,(H2,23,24,25)(H2,26,27,28). The summed E-state index contributed by atoms with van der Waals surface area (Å²) in [5.41, 5.74) is 10.3. The molecule has 2 aromatic carbocycles. The van der Waals surface area contributed by atoms with Gasteiger partial charge in [-0.1, -0.05) is 29.8 Å². The first kappa shape index (κ1) is 19.2. The van der Waals surface area contributed by atoms with Crippen molar-refractivity contribution in [3.05, 3.63) is 64.3 Å². The topological polar surface area (TPSA) is 92.9 Å². The lowest BCUT2D eigenvalue weighted by Crippen LogP contribution is -2.19. The maximum atomic E-state index is 12.3. The zero-order chi connectivity index (χ0) is 20.5. The van der Waals surface area contributed by atoms with Crippen molar-refractivity contribution >= 4 is 56.4 Å². The summed E-state index contributed by atoms with van der Waals surface area (Å²) < 4.78 is 0.